The van der Waals surface area contributed by atoms with Crippen LogP contribution in [0.5, 0.6) is 0 Å². The molecule has 0 unspecified atom stereocenters. The Labute approximate surface area is 125 Å². The molecule has 1 aromatic heterocycles. The van der Waals surface area contributed by atoms with Crippen LogP contribution < -0.4 is 0 Å². The number of hydrogen-bond donors (Lipinski definition) is 0. The maximum absolute atomic E-state index is 12.7. The highest BCUT2D eigenvalue weighted by atomic mass is 19.4. The molecule has 7 heteroatoms. The number of halogens is 3. The van der Waals surface area contributed by atoms with Crippen molar-refractivity contribution >= 4 is 5.97 Å². The number of benzene rings is 1. The van der Waals surface area contributed by atoms with Gasteiger partial charge in [0.2, 0.25) is 0 Å². The number of nitrogens with zero attached hydrogens (tertiary/aromatic N) is 2. The first-order valence-electron chi connectivity index (χ1n) is 6.69. The van der Waals surface area contributed by atoms with Gasteiger partial charge in [0.15, 0.2) is 0 Å². The standard InChI is InChI=1S/C15H15F3N2O2/c1-3-22-14(21)13-7-10(2)19-20(13)9-11-5-4-6-12(8-11)15(16,17)18/h4-8H,3,9H2,1-2H3. The normalized spacial score (nSPS) is 11.5. The highest BCUT2D eigenvalue weighted by molar-refractivity contribution is 5.87. The quantitative estimate of drug-likeness (QED) is 0.812. The molecular weight excluding hydrogens is 297 g/mol. The Hall–Kier alpha value is -2.31. The molecule has 0 saturated heterocycles. The van der Waals surface area contributed by atoms with Gasteiger partial charge in [-0.1, -0.05) is 12.1 Å². The molecule has 0 atom stereocenters. The molecule has 0 N–H and O–H groups in total. The molecule has 0 aliphatic carbocycles. The van der Waals surface area contributed by atoms with Gasteiger partial charge in [0.25, 0.3) is 0 Å². The molecule has 0 fully saturated rings. The smallest absolute Gasteiger partial charge is 0.416 e. The van der Waals surface area contributed by atoms with E-state index >= 15 is 0 Å². The van der Waals surface area contributed by atoms with Crippen molar-refractivity contribution in [2.24, 2.45) is 0 Å². The van der Waals surface area contributed by atoms with Gasteiger partial charge >= 0.3 is 12.1 Å². The van der Waals surface area contributed by atoms with Crippen molar-refractivity contribution in [1.29, 1.82) is 0 Å². The van der Waals surface area contributed by atoms with Gasteiger partial charge in [0.1, 0.15) is 5.69 Å². The summed E-state index contributed by atoms with van der Waals surface area (Å²) in [5.74, 6) is -0.546. The van der Waals surface area contributed by atoms with E-state index in [1.807, 2.05) is 0 Å². The van der Waals surface area contributed by atoms with E-state index in [9.17, 15) is 18.0 Å². The van der Waals surface area contributed by atoms with Crippen LogP contribution in [-0.2, 0) is 17.5 Å². The van der Waals surface area contributed by atoms with Crippen molar-refractivity contribution in [2.45, 2.75) is 26.6 Å². The van der Waals surface area contributed by atoms with Crippen molar-refractivity contribution in [3.05, 3.63) is 52.8 Å². The van der Waals surface area contributed by atoms with Gasteiger partial charge in [-0.3, -0.25) is 4.68 Å². The van der Waals surface area contributed by atoms with Crippen molar-refractivity contribution in [2.75, 3.05) is 6.61 Å². The van der Waals surface area contributed by atoms with Gasteiger partial charge in [-0.05, 0) is 37.6 Å². The molecule has 22 heavy (non-hydrogen) atoms. The monoisotopic (exact) mass is 312 g/mol. The zero-order valence-electron chi connectivity index (χ0n) is 12.1. The second-order valence-corrected chi connectivity index (χ2v) is 4.75. The molecule has 0 bridgehead atoms. The number of ether oxygens (including phenoxy) is 1. The van der Waals surface area contributed by atoms with Gasteiger partial charge < -0.3 is 4.74 Å². The average molecular weight is 312 g/mol. The molecule has 1 aromatic carbocycles. The lowest BCUT2D eigenvalue weighted by Gasteiger charge is -2.10. The SMILES string of the molecule is CCOC(=O)c1cc(C)nn1Cc1cccc(C(F)(F)F)c1. The second-order valence-electron chi connectivity index (χ2n) is 4.75. The van der Waals surface area contributed by atoms with Crippen molar-refractivity contribution < 1.29 is 22.7 Å². The lowest BCUT2D eigenvalue weighted by Crippen LogP contribution is -2.14. The zero-order valence-corrected chi connectivity index (χ0v) is 12.1. The number of carbonyl (C=O) groups excluding carboxylic acids is 1. The van der Waals surface area contributed by atoms with Gasteiger partial charge in [0.05, 0.1) is 24.4 Å². The van der Waals surface area contributed by atoms with E-state index in [4.69, 9.17) is 4.74 Å². The first-order chi connectivity index (χ1) is 10.3. The summed E-state index contributed by atoms with van der Waals surface area (Å²) in [7, 11) is 0. The van der Waals surface area contributed by atoms with Crippen molar-refractivity contribution in [3.8, 4) is 0 Å². The van der Waals surface area contributed by atoms with E-state index in [0.29, 0.717) is 11.3 Å². The van der Waals surface area contributed by atoms with Gasteiger partial charge in [-0.25, -0.2) is 4.79 Å². The minimum atomic E-state index is -4.40. The Balaban J connectivity index is 2.30. The van der Waals surface area contributed by atoms with Crippen molar-refractivity contribution in [3.63, 3.8) is 0 Å². The Morgan fingerprint density at radius 2 is 2.05 bits per heavy atom. The van der Waals surface area contributed by atoms with E-state index in [1.165, 1.54) is 10.7 Å². The molecule has 118 valence electrons. The maximum Gasteiger partial charge on any atom is 0.416 e. The molecule has 0 radical (unpaired) electrons. The Kier molecular flexibility index (Phi) is 4.54. The summed E-state index contributed by atoms with van der Waals surface area (Å²) < 4.78 is 44.4. The fourth-order valence-electron chi connectivity index (χ4n) is 2.05. The van der Waals surface area contributed by atoms with Gasteiger partial charge in [-0.2, -0.15) is 18.3 Å². The first-order valence-corrected chi connectivity index (χ1v) is 6.69. The van der Waals surface area contributed by atoms with Crippen LogP contribution in [0.3, 0.4) is 0 Å². The van der Waals surface area contributed by atoms with E-state index in [-0.39, 0.29) is 18.8 Å². The predicted molar refractivity (Wildman–Crippen MR) is 73.5 cm³/mol. The molecule has 0 aliphatic rings. The largest absolute Gasteiger partial charge is 0.461 e. The molecule has 1 heterocycles. The van der Waals surface area contributed by atoms with Gasteiger partial charge in [0, 0.05) is 0 Å². The average Bonchev–Trinajstić information content (AvgIpc) is 2.79. The molecule has 0 saturated carbocycles. The Morgan fingerprint density at radius 1 is 1.32 bits per heavy atom. The summed E-state index contributed by atoms with van der Waals surface area (Å²) in [5.41, 5.74) is 0.488. The summed E-state index contributed by atoms with van der Waals surface area (Å²) >= 11 is 0. The number of aryl methyl sites for hydroxylation is 1. The van der Waals surface area contributed by atoms with Crippen LogP contribution >= 0.6 is 0 Å². The van der Waals surface area contributed by atoms with E-state index in [2.05, 4.69) is 5.10 Å². The van der Waals surface area contributed by atoms with Crippen LogP contribution in [-0.4, -0.2) is 22.4 Å². The fourth-order valence-corrected chi connectivity index (χ4v) is 2.05. The predicted octanol–water partition coefficient (Wildman–Crippen LogP) is 3.44. The number of hydrogen-bond acceptors (Lipinski definition) is 3. The van der Waals surface area contributed by atoms with E-state index in [0.717, 1.165) is 12.1 Å². The molecule has 0 spiro atoms. The van der Waals surface area contributed by atoms with Gasteiger partial charge in [-0.15, -0.1) is 0 Å². The molecule has 2 rings (SSSR count). The van der Waals surface area contributed by atoms with Crippen LogP contribution in [0.4, 0.5) is 13.2 Å². The molecule has 0 amide bonds. The topological polar surface area (TPSA) is 44.1 Å². The van der Waals surface area contributed by atoms with E-state index < -0.39 is 17.7 Å². The molecular formula is C15H15F3N2O2. The number of aromatic nitrogens is 2. The first kappa shape index (κ1) is 16.1. The summed E-state index contributed by atoms with van der Waals surface area (Å²) in [6.07, 6.45) is -4.40. The van der Waals surface area contributed by atoms with E-state index in [1.54, 1.807) is 26.0 Å². The minimum Gasteiger partial charge on any atom is -0.461 e. The molecule has 0 aliphatic heterocycles. The Bertz CT molecular complexity index is 678. The highest BCUT2D eigenvalue weighted by Crippen LogP contribution is 2.29. The fraction of sp³-hybridized carbons (Fsp3) is 0.333. The summed E-state index contributed by atoms with van der Waals surface area (Å²) in [4.78, 5) is 11.8. The Morgan fingerprint density at radius 3 is 2.68 bits per heavy atom. The molecule has 4 nitrogen and oxygen atoms in total. The number of alkyl halides is 3. The van der Waals surface area contributed by atoms with Crippen LogP contribution in [0, 0.1) is 6.92 Å². The third kappa shape index (κ3) is 3.66. The summed E-state index contributed by atoms with van der Waals surface area (Å²) in [5, 5.41) is 4.14. The second kappa shape index (κ2) is 6.21. The lowest BCUT2D eigenvalue weighted by atomic mass is 10.1. The summed E-state index contributed by atoms with van der Waals surface area (Å²) in [6.45, 7) is 3.65. The maximum atomic E-state index is 12.7. The summed E-state index contributed by atoms with van der Waals surface area (Å²) in [6, 6.07) is 6.49. The third-order valence-corrected chi connectivity index (χ3v) is 2.97. The van der Waals surface area contributed by atoms with Crippen LogP contribution in [0.1, 0.15) is 34.2 Å². The molecule has 2 aromatic rings. The zero-order chi connectivity index (χ0) is 16.3. The highest BCUT2D eigenvalue weighted by Gasteiger charge is 2.30. The van der Waals surface area contributed by atoms with Crippen LogP contribution in [0.15, 0.2) is 30.3 Å². The number of rotatable bonds is 4. The van der Waals surface area contributed by atoms with Crippen molar-refractivity contribution in [1.82, 2.24) is 9.78 Å². The van der Waals surface area contributed by atoms with Crippen LogP contribution in [0.25, 0.3) is 0 Å². The minimum absolute atomic E-state index is 0.0614. The number of esters is 1. The van der Waals surface area contributed by atoms with Crippen LogP contribution in [0.2, 0.25) is 0 Å². The third-order valence-electron chi connectivity index (χ3n) is 2.97. The number of carbonyl (C=O) groups is 1. The lowest BCUT2D eigenvalue weighted by molar-refractivity contribution is -0.137.